The third-order valence-electron chi connectivity index (χ3n) is 11.3. The van der Waals surface area contributed by atoms with Gasteiger partial charge < -0.3 is 14.6 Å². The molecule has 5 aliphatic rings. The Labute approximate surface area is 219 Å². The van der Waals surface area contributed by atoms with Crippen molar-refractivity contribution in [1.29, 1.82) is 0 Å². The monoisotopic (exact) mass is 501 g/mol. The second-order valence-electron chi connectivity index (χ2n) is 13.0. The number of aromatic nitrogens is 1. The van der Waals surface area contributed by atoms with Crippen LogP contribution in [0.4, 0.5) is 0 Å². The highest BCUT2D eigenvalue weighted by atomic mass is 16.3. The number of amides is 1. The van der Waals surface area contributed by atoms with Crippen molar-refractivity contribution in [2.45, 2.75) is 69.4 Å². The van der Waals surface area contributed by atoms with E-state index in [1.165, 1.54) is 47.6 Å². The average Bonchev–Trinajstić information content (AvgIpc) is 3.67. The summed E-state index contributed by atoms with van der Waals surface area (Å²) < 4.78 is 1.50. The van der Waals surface area contributed by atoms with E-state index in [1.54, 1.807) is 19.3 Å². The second-order valence-corrected chi connectivity index (χ2v) is 13.0. The van der Waals surface area contributed by atoms with E-state index < -0.39 is 0 Å². The summed E-state index contributed by atoms with van der Waals surface area (Å²) in [4.78, 5) is 30.8. The van der Waals surface area contributed by atoms with Crippen molar-refractivity contribution in [2.75, 3.05) is 20.1 Å². The van der Waals surface area contributed by atoms with Gasteiger partial charge in [-0.25, -0.2) is 0 Å². The van der Waals surface area contributed by atoms with Crippen molar-refractivity contribution in [2.24, 2.45) is 30.2 Å². The number of benzene rings is 1. The summed E-state index contributed by atoms with van der Waals surface area (Å²) in [6.45, 7) is 4.76. The summed E-state index contributed by atoms with van der Waals surface area (Å²) in [5, 5.41) is 10.7. The van der Waals surface area contributed by atoms with Crippen LogP contribution in [0.5, 0.6) is 5.75 Å². The zero-order chi connectivity index (χ0) is 25.7. The lowest BCUT2D eigenvalue weighted by molar-refractivity contribution is -0.105. The number of carbonyl (C=O) groups is 1. The molecule has 1 aliphatic heterocycles. The van der Waals surface area contributed by atoms with Crippen LogP contribution >= 0.6 is 0 Å². The Bertz CT molecular complexity index is 1330. The molecule has 7 rings (SSSR count). The highest BCUT2D eigenvalue weighted by Gasteiger charge is 2.73. The number of hydrogen-bond acceptors (Lipinski definition) is 4. The van der Waals surface area contributed by atoms with Crippen molar-refractivity contribution >= 4 is 5.91 Å². The molecule has 4 fully saturated rings. The summed E-state index contributed by atoms with van der Waals surface area (Å²) in [5.41, 5.74) is 3.27. The molecule has 4 aliphatic carbocycles. The highest BCUT2D eigenvalue weighted by molar-refractivity contribution is 5.94. The molecule has 0 spiro atoms. The number of phenolic OH excluding ortho intramolecular Hbond substituents is 1. The number of nitrogens with zero attached hydrogens (tertiary/aromatic N) is 3. The van der Waals surface area contributed by atoms with Crippen LogP contribution in [0.15, 0.2) is 41.3 Å². The van der Waals surface area contributed by atoms with Gasteiger partial charge in [0.25, 0.3) is 11.5 Å². The van der Waals surface area contributed by atoms with Crippen LogP contribution in [0.3, 0.4) is 0 Å². The van der Waals surface area contributed by atoms with Gasteiger partial charge in [-0.15, -0.1) is 0 Å². The molecule has 4 bridgehead atoms. The summed E-state index contributed by atoms with van der Waals surface area (Å²) in [6.07, 6.45) is 9.95. The molecule has 3 saturated carbocycles. The number of aromatic hydroxyl groups is 1. The Hall–Kier alpha value is -2.60. The molecule has 6 heteroatoms. The normalized spacial score (nSPS) is 36.1. The van der Waals surface area contributed by atoms with Gasteiger partial charge in [-0.1, -0.05) is 13.0 Å². The maximum Gasteiger partial charge on any atom is 0.254 e. The van der Waals surface area contributed by atoms with Crippen LogP contribution in [0.2, 0.25) is 0 Å². The van der Waals surface area contributed by atoms with Gasteiger partial charge in [-0.2, -0.15) is 0 Å². The zero-order valence-electron chi connectivity index (χ0n) is 22.3. The largest absolute Gasteiger partial charge is 0.508 e. The van der Waals surface area contributed by atoms with Crippen LogP contribution in [0.25, 0.3) is 0 Å². The van der Waals surface area contributed by atoms with E-state index in [0.717, 1.165) is 38.1 Å². The minimum Gasteiger partial charge on any atom is -0.508 e. The molecular formula is C31H39N3O3. The number of hydrogen-bond donors (Lipinski definition) is 1. The van der Waals surface area contributed by atoms with Gasteiger partial charge in [0.05, 0.1) is 0 Å². The minimum absolute atomic E-state index is 0.0201. The van der Waals surface area contributed by atoms with Gasteiger partial charge in [0.2, 0.25) is 0 Å². The predicted octanol–water partition coefficient (Wildman–Crippen LogP) is 3.95. The fourth-order valence-corrected chi connectivity index (χ4v) is 9.75. The Morgan fingerprint density at radius 3 is 2.73 bits per heavy atom. The first kappa shape index (κ1) is 23.5. The number of rotatable bonds is 4. The zero-order valence-corrected chi connectivity index (χ0v) is 22.3. The summed E-state index contributed by atoms with van der Waals surface area (Å²) in [6, 6.07) is 10.0. The topological polar surface area (TPSA) is 65.8 Å². The van der Waals surface area contributed by atoms with Crippen LogP contribution in [-0.4, -0.2) is 57.6 Å². The molecule has 2 heterocycles. The lowest BCUT2D eigenvalue weighted by Gasteiger charge is -2.67. The molecular weight excluding hydrogens is 462 g/mol. The first-order valence-electron chi connectivity index (χ1n) is 14.3. The molecule has 1 saturated heterocycles. The van der Waals surface area contributed by atoms with Gasteiger partial charge in [0, 0.05) is 56.0 Å². The fraction of sp³-hybridized carbons (Fsp3) is 0.613. The van der Waals surface area contributed by atoms with Gasteiger partial charge in [0.1, 0.15) is 5.75 Å². The average molecular weight is 502 g/mol. The summed E-state index contributed by atoms with van der Waals surface area (Å²) in [5.74, 6) is 2.01. The first-order valence-corrected chi connectivity index (χ1v) is 14.3. The Kier molecular flexibility index (Phi) is 5.05. The maximum atomic E-state index is 13.7. The summed E-state index contributed by atoms with van der Waals surface area (Å²) in [7, 11) is 3.66. The quantitative estimate of drug-likeness (QED) is 0.689. The minimum atomic E-state index is -0.155. The molecule has 1 aromatic heterocycles. The number of carbonyl (C=O) groups excluding carboxylic acids is 1. The molecule has 6 atom stereocenters. The lowest BCUT2D eigenvalue weighted by atomic mass is 9.43. The van der Waals surface area contributed by atoms with E-state index in [1.807, 2.05) is 18.0 Å². The third kappa shape index (κ3) is 3.14. The SMILES string of the molecule is C[C@H]1CC23CCC(N(C)C(=O)c4ccn(C)c(=O)c4)C1C21CCN(CC2CC2)C3Cc2ccc(O)cc21. The molecule has 196 valence electrons. The van der Waals surface area contributed by atoms with Gasteiger partial charge in [-0.3, -0.25) is 14.5 Å². The first-order chi connectivity index (χ1) is 17.7. The maximum absolute atomic E-state index is 13.7. The Morgan fingerprint density at radius 2 is 1.97 bits per heavy atom. The Morgan fingerprint density at radius 1 is 1.16 bits per heavy atom. The smallest absolute Gasteiger partial charge is 0.254 e. The molecule has 6 nitrogen and oxygen atoms in total. The molecule has 1 N–H and O–H groups in total. The van der Waals surface area contributed by atoms with Crippen LogP contribution in [-0.2, 0) is 18.9 Å². The number of phenols is 1. The Balaban J connectivity index is 1.33. The number of likely N-dealkylation sites (tertiary alicyclic amines) is 1. The molecule has 2 aromatic rings. The predicted molar refractivity (Wildman–Crippen MR) is 143 cm³/mol. The van der Waals surface area contributed by atoms with E-state index in [2.05, 4.69) is 24.0 Å². The molecule has 1 aromatic carbocycles. The van der Waals surface area contributed by atoms with Crippen LogP contribution in [0, 0.1) is 23.2 Å². The van der Waals surface area contributed by atoms with Crippen molar-refractivity contribution in [3.05, 3.63) is 63.6 Å². The number of aryl methyl sites for hydroxylation is 1. The van der Waals surface area contributed by atoms with E-state index in [4.69, 9.17) is 0 Å². The number of fused-ring (bicyclic) bond motifs is 1. The molecule has 0 radical (unpaired) electrons. The van der Waals surface area contributed by atoms with Crippen LogP contribution in [0.1, 0.15) is 66.9 Å². The molecule has 1 amide bonds. The molecule has 5 unspecified atom stereocenters. The van der Waals surface area contributed by atoms with Crippen LogP contribution < -0.4 is 5.56 Å². The van der Waals surface area contributed by atoms with E-state index in [-0.39, 0.29) is 28.3 Å². The van der Waals surface area contributed by atoms with Gasteiger partial charge in [0.15, 0.2) is 0 Å². The van der Waals surface area contributed by atoms with Crippen molar-refractivity contribution < 1.29 is 9.90 Å². The number of piperidine rings is 1. The van der Waals surface area contributed by atoms with Crippen molar-refractivity contribution in [3.8, 4) is 5.75 Å². The van der Waals surface area contributed by atoms with E-state index in [9.17, 15) is 14.7 Å². The van der Waals surface area contributed by atoms with Crippen molar-refractivity contribution in [1.82, 2.24) is 14.4 Å². The standard InChI is InChI=1S/C31H39N3O3/c1-19-17-30-10-8-25(33(3)29(37)22-9-12-32(2)27(36)15-22)28(19)31(30)11-13-34(18-20-4-5-20)26(30)14-21-6-7-23(35)16-24(21)31/h6-7,9,12,15-16,19-20,25-26,28,35H,4-5,8,10-11,13-14,17-18H2,1-3H3/t19-,25?,26?,28?,30?,31?/m0/s1. The second kappa shape index (κ2) is 7.95. The fourth-order valence-electron chi connectivity index (χ4n) is 9.75. The highest BCUT2D eigenvalue weighted by Crippen LogP contribution is 2.74. The third-order valence-corrected chi connectivity index (χ3v) is 11.3. The number of pyridine rings is 1. The van der Waals surface area contributed by atoms with Gasteiger partial charge in [-0.05, 0) is 104 Å². The lowest BCUT2D eigenvalue weighted by Crippen LogP contribution is -2.70. The molecule has 37 heavy (non-hydrogen) atoms. The van der Waals surface area contributed by atoms with Crippen molar-refractivity contribution in [3.63, 3.8) is 0 Å². The summed E-state index contributed by atoms with van der Waals surface area (Å²) >= 11 is 0. The van der Waals surface area contributed by atoms with E-state index in [0.29, 0.717) is 29.2 Å². The van der Waals surface area contributed by atoms with E-state index >= 15 is 0 Å². The van der Waals surface area contributed by atoms with Gasteiger partial charge >= 0.3 is 0 Å².